The van der Waals surface area contributed by atoms with Crippen LogP contribution >= 0.6 is 0 Å². The van der Waals surface area contributed by atoms with Crippen molar-refractivity contribution in [1.29, 1.82) is 0 Å². The third-order valence-corrected chi connectivity index (χ3v) is 6.29. The van der Waals surface area contributed by atoms with Crippen molar-refractivity contribution in [3.8, 4) is 11.5 Å². The van der Waals surface area contributed by atoms with Gasteiger partial charge in [-0.1, -0.05) is 6.07 Å². The van der Waals surface area contributed by atoms with Gasteiger partial charge in [0.05, 0.1) is 38.5 Å². The first-order chi connectivity index (χ1) is 16.9. The van der Waals surface area contributed by atoms with Crippen LogP contribution in [0.25, 0.3) is 0 Å². The summed E-state index contributed by atoms with van der Waals surface area (Å²) in [5.74, 6) is 0.0540. The number of nitrogens with zero attached hydrogens (tertiary/aromatic N) is 2. The molecule has 0 radical (unpaired) electrons. The summed E-state index contributed by atoms with van der Waals surface area (Å²) in [6.45, 7) is 8.31. The van der Waals surface area contributed by atoms with E-state index in [1.165, 1.54) is 7.11 Å². The maximum absolute atomic E-state index is 13.4. The number of carbonyl (C=O) groups excluding carboxylic acids is 2. The molecule has 2 aliphatic rings. The van der Waals surface area contributed by atoms with E-state index in [9.17, 15) is 14.7 Å². The van der Waals surface area contributed by atoms with Crippen LogP contribution in [0.1, 0.15) is 41.3 Å². The first-order valence-electron chi connectivity index (χ1n) is 11.9. The third-order valence-electron chi connectivity index (χ3n) is 6.29. The number of aryl methyl sites for hydroxylation is 1. The van der Waals surface area contributed by atoms with Gasteiger partial charge in [0.1, 0.15) is 5.76 Å². The SMILES string of the molecule is CCOc1ccc([C@@H]2C(C(=O)c3ccc(C)o3)=C(O)C(=O)N2CCCN2CCOCC2)cc1OC. The van der Waals surface area contributed by atoms with Gasteiger partial charge in [0.25, 0.3) is 5.91 Å². The largest absolute Gasteiger partial charge is 0.503 e. The predicted molar refractivity (Wildman–Crippen MR) is 128 cm³/mol. The number of amides is 1. The Labute approximate surface area is 204 Å². The van der Waals surface area contributed by atoms with Crippen LogP contribution in [0, 0.1) is 6.92 Å². The van der Waals surface area contributed by atoms with Crippen molar-refractivity contribution in [2.24, 2.45) is 0 Å². The Bertz CT molecular complexity index is 1100. The van der Waals surface area contributed by atoms with Gasteiger partial charge in [-0.2, -0.15) is 0 Å². The van der Waals surface area contributed by atoms with Gasteiger partial charge in [0, 0.05) is 26.2 Å². The number of aliphatic hydroxyl groups excluding tert-OH is 1. The summed E-state index contributed by atoms with van der Waals surface area (Å²) in [5.41, 5.74) is 0.641. The van der Waals surface area contributed by atoms with E-state index < -0.39 is 23.5 Å². The lowest BCUT2D eigenvalue weighted by molar-refractivity contribution is -0.129. The van der Waals surface area contributed by atoms with Crippen LogP contribution in [0.15, 0.2) is 46.1 Å². The Balaban J connectivity index is 1.66. The highest BCUT2D eigenvalue weighted by atomic mass is 16.5. The number of carbonyl (C=O) groups is 2. The molecule has 35 heavy (non-hydrogen) atoms. The van der Waals surface area contributed by atoms with E-state index in [1.807, 2.05) is 6.92 Å². The number of benzene rings is 1. The molecule has 1 fully saturated rings. The molecule has 9 nitrogen and oxygen atoms in total. The normalized spacial score (nSPS) is 18.9. The standard InChI is InChI=1S/C26H32N2O7/c1-4-34-19-9-7-18(16-21(19)32-3)23-22(24(29)20-8-6-17(2)35-20)25(30)26(31)28(23)11-5-10-27-12-14-33-15-13-27/h6-9,16,23,30H,4-5,10-15H2,1-3H3/t23-/m1/s1. The summed E-state index contributed by atoms with van der Waals surface area (Å²) in [4.78, 5) is 30.4. The van der Waals surface area contributed by atoms with Gasteiger partial charge in [-0.25, -0.2) is 0 Å². The van der Waals surface area contributed by atoms with Gasteiger partial charge in [0.15, 0.2) is 23.0 Å². The first kappa shape index (κ1) is 24.8. The Morgan fingerprint density at radius 3 is 2.57 bits per heavy atom. The van der Waals surface area contributed by atoms with E-state index in [1.54, 1.807) is 42.2 Å². The molecule has 0 saturated carbocycles. The number of Topliss-reactive ketones (excluding diaryl/α,β-unsaturated/α-hetero) is 1. The molecule has 0 unspecified atom stereocenters. The molecule has 9 heteroatoms. The molecule has 3 heterocycles. The van der Waals surface area contributed by atoms with Crippen molar-refractivity contribution >= 4 is 11.7 Å². The van der Waals surface area contributed by atoms with Crippen molar-refractivity contribution in [2.45, 2.75) is 26.3 Å². The number of rotatable bonds is 10. The van der Waals surface area contributed by atoms with Gasteiger partial charge in [-0.3, -0.25) is 14.5 Å². The first-order valence-corrected chi connectivity index (χ1v) is 11.9. The van der Waals surface area contributed by atoms with Gasteiger partial charge in [-0.15, -0.1) is 0 Å². The average molecular weight is 485 g/mol. The lowest BCUT2D eigenvalue weighted by atomic mass is 9.94. The van der Waals surface area contributed by atoms with E-state index in [0.29, 0.717) is 55.6 Å². The molecule has 0 bridgehead atoms. The van der Waals surface area contributed by atoms with Gasteiger partial charge in [-0.05, 0) is 50.1 Å². The summed E-state index contributed by atoms with van der Waals surface area (Å²) in [5, 5.41) is 10.9. The lowest BCUT2D eigenvalue weighted by Crippen LogP contribution is -2.39. The van der Waals surface area contributed by atoms with Crippen LogP contribution in [-0.4, -0.2) is 79.7 Å². The summed E-state index contributed by atoms with van der Waals surface area (Å²) < 4.78 is 22.1. The summed E-state index contributed by atoms with van der Waals surface area (Å²) in [7, 11) is 1.53. The molecular weight excluding hydrogens is 452 g/mol. The van der Waals surface area contributed by atoms with Gasteiger partial charge < -0.3 is 28.6 Å². The topological polar surface area (TPSA) is 102 Å². The monoisotopic (exact) mass is 484 g/mol. The van der Waals surface area contributed by atoms with Crippen molar-refractivity contribution in [3.05, 3.63) is 58.7 Å². The number of methoxy groups -OCH3 is 1. The fourth-order valence-electron chi connectivity index (χ4n) is 4.57. The zero-order valence-corrected chi connectivity index (χ0v) is 20.4. The Hall–Kier alpha value is -3.30. The quantitative estimate of drug-likeness (QED) is 0.513. The van der Waals surface area contributed by atoms with E-state index in [4.69, 9.17) is 18.6 Å². The third kappa shape index (κ3) is 5.21. The van der Waals surface area contributed by atoms with Crippen molar-refractivity contribution < 1.29 is 33.3 Å². The fourth-order valence-corrected chi connectivity index (χ4v) is 4.57. The molecule has 1 saturated heterocycles. The van der Waals surface area contributed by atoms with Crippen LogP contribution in [0.5, 0.6) is 11.5 Å². The minimum absolute atomic E-state index is 0.00179. The van der Waals surface area contributed by atoms with Crippen molar-refractivity contribution in [3.63, 3.8) is 0 Å². The molecule has 1 aromatic carbocycles. The second-order valence-corrected chi connectivity index (χ2v) is 8.55. The fraction of sp³-hybridized carbons (Fsp3) is 0.462. The summed E-state index contributed by atoms with van der Waals surface area (Å²) in [6.07, 6.45) is 0.686. The van der Waals surface area contributed by atoms with Gasteiger partial charge in [0.2, 0.25) is 5.78 Å². The molecule has 1 atom stereocenters. The predicted octanol–water partition coefficient (Wildman–Crippen LogP) is 3.30. The van der Waals surface area contributed by atoms with Crippen molar-refractivity contribution in [1.82, 2.24) is 9.80 Å². The number of hydrogen-bond donors (Lipinski definition) is 1. The Morgan fingerprint density at radius 2 is 1.91 bits per heavy atom. The van der Waals surface area contributed by atoms with Crippen molar-refractivity contribution in [2.75, 3.05) is 53.1 Å². The summed E-state index contributed by atoms with van der Waals surface area (Å²) >= 11 is 0. The molecular formula is C26H32N2O7. The highest BCUT2D eigenvalue weighted by Gasteiger charge is 2.44. The smallest absolute Gasteiger partial charge is 0.290 e. The number of ketones is 1. The van der Waals surface area contributed by atoms with E-state index in [-0.39, 0.29) is 11.3 Å². The molecule has 0 spiro atoms. The molecule has 2 aromatic rings. The van der Waals surface area contributed by atoms with E-state index in [0.717, 1.165) is 19.6 Å². The number of morpholine rings is 1. The zero-order valence-electron chi connectivity index (χ0n) is 20.4. The van der Waals surface area contributed by atoms with Crippen LogP contribution in [0.3, 0.4) is 0 Å². The lowest BCUT2D eigenvalue weighted by Gasteiger charge is -2.30. The molecule has 4 rings (SSSR count). The molecule has 2 aliphatic heterocycles. The molecule has 1 N–H and O–H groups in total. The Morgan fingerprint density at radius 1 is 1.14 bits per heavy atom. The number of furan rings is 1. The molecule has 1 aromatic heterocycles. The number of hydrogen-bond acceptors (Lipinski definition) is 8. The molecule has 0 aliphatic carbocycles. The number of aliphatic hydroxyl groups is 1. The van der Waals surface area contributed by atoms with Crippen LogP contribution < -0.4 is 9.47 Å². The second-order valence-electron chi connectivity index (χ2n) is 8.55. The van der Waals surface area contributed by atoms with Crippen LogP contribution in [-0.2, 0) is 9.53 Å². The van der Waals surface area contributed by atoms with Crippen LogP contribution in [0.2, 0.25) is 0 Å². The maximum Gasteiger partial charge on any atom is 0.290 e. The van der Waals surface area contributed by atoms with E-state index in [2.05, 4.69) is 4.90 Å². The minimum Gasteiger partial charge on any atom is -0.503 e. The summed E-state index contributed by atoms with van der Waals surface area (Å²) in [6, 6.07) is 7.74. The van der Waals surface area contributed by atoms with Gasteiger partial charge >= 0.3 is 0 Å². The molecule has 1 amide bonds. The van der Waals surface area contributed by atoms with Crippen LogP contribution in [0.4, 0.5) is 0 Å². The van der Waals surface area contributed by atoms with E-state index >= 15 is 0 Å². The highest BCUT2D eigenvalue weighted by molar-refractivity contribution is 6.15. The maximum atomic E-state index is 13.4. The zero-order chi connectivity index (χ0) is 24.9. The second kappa shape index (κ2) is 11.0. The minimum atomic E-state index is -0.783. The Kier molecular flexibility index (Phi) is 7.77. The number of ether oxygens (including phenoxy) is 3. The highest BCUT2D eigenvalue weighted by Crippen LogP contribution is 2.42. The average Bonchev–Trinajstić information content (AvgIpc) is 3.41. The molecule has 188 valence electrons.